The Hall–Kier alpha value is -2.63. The predicted octanol–water partition coefficient (Wildman–Crippen LogP) is 3.53. The Morgan fingerprint density at radius 2 is 2.08 bits per heavy atom. The van der Waals surface area contributed by atoms with Gasteiger partial charge in [0.2, 0.25) is 0 Å². The van der Waals surface area contributed by atoms with E-state index in [1.165, 1.54) is 12.1 Å². The highest BCUT2D eigenvalue weighted by Crippen LogP contribution is 2.32. The van der Waals surface area contributed by atoms with Crippen LogP contribution < -0.4 is 5.73 Å². The van der Waals surface area contributed by atoms with Crippen LogP contribution in [0.3, 0.4) is 0 Å². The van der Waals surface area contributed by atoms with Gasteiger partial charge in [-0.15, -0.1) is 11.3 Å². The first-order valence-corrected chi connectivity index (χ1v) is 8.19. The number of carbonyl (C=O) groups is 2. The van der Waals surface area contributed by atoms with Crippen molar-refractivity contribution in [3.05, 3.63) is 50.6 Å². The molecule has 1 aromatic heterocycles. The normalized spacial score (nSPS) is 10.2. The van der Waals surface area contributed by atoms with Crippen LogP contribution in [-0.4, -0.2) is 18.5 Å². The highest BCUT2D eigenvalue weighted by molar-refractivity contribution is 7.18. The van der Waals surface area contributed by atoms with Crippen LogP contribution in [0.4, 0.5) is 9.39 Å². The SMILES string of the molecule is CCOC(=O)c1sc(N)c(C#N)c1COC(=O)c1c(F)cccc1Cl. The van der Waals surface area contributed by atoms with Gasteiger partial charge in [-0.3, -0.25) is 0 Å². The lowest BCUT2D eigenvalue weighted by atomic mass is 10.1. The van der Waals surface area contributed by atoms with Gasteiger partial charge in [-0.2, -0.15) is 5.26 Å². The molecule has 1 heterocycles. The van der Waals surface area contributed by atoms with Gasteiger partial charge in [-0.1, -0.05) is 17.7 Å². The van der Waals surface area contributed by atoms with Crippen LogP contribution in [-0.2, 0) is 16.1 Å². The van der Waals surface area contributed by atoms with Crippen molar-refractivity contribution in [2.75, 3.05) is 12.3 Å². The van der Waals surface area contributed by atoms with Crippen molar-refractivity contribution in [1.82, 2.24) is 0 Å². The lowest BCUT2D eigenvalue weighted by Crippen LogP contribution is -2.11. The summed E-state index contributed by atoms with van der Waals surface area (Å²) in [5, 5.41) is 9.19. The number of hydrogen-bond donors (Lipinski definition) is 1. The van der Waals surface area contributed by atoms with Gasteiger partial charge in [0.1, 0.15) is 33.9 Å². The van der Waals surface area contributed by atoms with E-state index in [9.17, 15) is 19.2 Å². The van der Waals surface area contributed by atoms with Gasteiger partial charge in [0.25, 0.3) is 0 Å². The minimum atomic E-state index is -1.02. The molecule has 2 rings (SSSR count). The van der Waals surface area contributed by atoms with Crippen molar-refractivity contribution in [2.24, 2.45) is 0 Å². The first kappa shape index (κ1) is 18.7. The van der Waals surface area contributed by atoms with E-state index in [0.717, 1.165) is 17.4 Å². The van der Waals surface area contributed by atoms with Crippen molar-refractivity contribution in [1.29, 1.82) is 5.26 Å². The second kappa shape index (κ2) is 7.96. The third-order valence-corrected chi connectivity index (χ3v) is 4.48. The minimum Gasteiger partial charge on any atom is -0.462 e. The number of rotatable bonds is 5. The average molecular weight is 383 g/mol. The van der Waals surface area contributed by atoms with Gasteiger partial charge in [0, 0.05) is 5.56 Å². The molecule has 2 aromatic rings. The first-order chi connectivity index (χ1) is 11.9. The number of nitrogen functional groups attached to an aromatic ring is 1. The number of benzene rings is 1. The smallest absolute Gasteiger partial charge is 0.348 e. The highest BCUT2D eigenvalue weighted by Gasteiger charge is 2.25. The summed E-state index contributed by atoms with van der Waals surface area (Å²) in [7, 11) is 0. The summed E-state index contributed by atoms with van der Waals surface area (Å²) in [6, 6.07) is 5.61. The summed E-state index contributed by atoms with van der Waals surface area (Å²) in [5.74, 6) is -2.55. The van der Waals surface area contributed by atoms with Crippen LogP contribution in [0.1, 0.15) is 38.1 Å². The zero-order valence-corrected chi connectivity index (χ0v) is 14.5. The Balaban J connectivity index is 2.30. The zero-order chi connectivity index (χ0) is 18.6. The van der Waals surface area contributed by atoms with Crippen LogP contribution in [0.15, 0.2) is 18.2 Å². The number of ether oxygens (including phenoxy) is 2. The fraction of sp³-hybridized carbons (Fsp3) is 0.188. The van der Waals surface area contributed by atoms with Gasteiger partial charge < -0.3 is 15.2 Å². The van der Waals surface area contributed by atoms with Crippen LogP contribution in [0.5, 0.6) is 0 Å². The molecule has 0 aliphatic heterocycles. The van der Waals surface area contributed by atoms with Gasteiger partial charge >= 0.3 is 11.9 Å². The summed E-state index contributed by atoms with van der Waals surface area (Å²) >= 11 is 6.66. The van der Waals surface area contributed by atoms with Crippen LogP contribution in [0.25, 0.3) is 0 Å². The lowest BCUT2D eigenvalue weighted by molar-refractivity contribution is 0.0448. The molecule has 0 bridgehead atoms. The third kappa shape index (κ3) is 3.90. The van der Waals surface area contributed by atoms with Crippen molar-refractivity contribution in [3.63, 3.8) is 0 Å². The molecule has 0 unspecified atom stereocenters. The second-order valence-electron chi connectivity index (χ2n) is 4.65. The van der Waals surface area contributed by atoms with E-state index < -0.39 is 29.9 Å². The quantitative estimate of drug-likeness (QED) is 0.793. The third-order valence-electron chi connectivity index (χ3n) is 3.12. The molecule has 1 aromatic carbocycles. The van der Waals surface area contributed by atoms with Gasteiger partial charge in [0.15, 0.2) is 0 Å². The average Bonchev–Trinajstić information content (AvgIpc) is 2.88. The molecule has 6 nitrogen and oxygen atoms in total. The van der Waals surface area contributed by atoms with Crippen LogP contribution in [0.2, 0.25) is 5.02 Å². The molecule has 0 saturated carbocycles. The van der Waals surface area contributed by atoms with Crippen LogP contribution >= 0.6 is 22.9 Å². The molecule has 0 saturated heterocycles. The highest BCUT2D eigenvalue weighted by atomic mass is 35.5. The van der Waals surface area contributed by atoms with E-state index in [2.05, 4.69) is 0 Å². The number of anilines is 1. The number of esters is 2. The summed E-state index contributed by atoms with van der Waals surface area (Å²) in [6.07, 6.45) is 0. The Labute approximate surface area is 151 Å². The van der Waals surface area contributed by atoms with Crippen molar-refractivity contribution in [3.8, 4) is 6.07 Å². The predicted molar refractivity (Wildman–Crippen MR) is 89.9 cm³/mol. The summed E-state index contributed by atoms with van der Waals surface area (Å²) < 4.78 is 23.7. The number of halogens is 2. The topological polar surface area (TPSA) is 102 Å². The first-order valence-electron chi connectivity index (χ1n) is 7.00. The van der Waals surface area contributed by atoms with Crippen LogP contribution in [0, 0.1) is 17.1 Å². The van der Waals surface area contributed by atoms with E-state index in [1.807, 2.05) is 6.07 Å². The maximum atomic E-state index is 13.8. The van der Waals surface area contributed by atoms with Gasteiger partial charge in [-0.25, -0.2) is 14.0 Å². The Bertz CT molecular complexity index is 856. The Morgan fingerprint density at radius 3 is 2.68 bits per heavy atom. The molecule has 0 aliphatic carbocycles. The molecular weight excluding hydrogens is 371 g/mol. The molecule has 130 valence electrons. The van der Waals surface area contributed by atoms with Crippen molar-refractivity contribution >= 4 is 39.9 Å². The summed E-state index contributed by atoms with van der Waals surface area (Å²) in [5.41, 5.74) is 5.42. The molecule has 25 heavy (non-hydrogen) atoms. The number of hydrogen-bond acceptors (Lipinski definition) is 7. The Kier molecular flexibility index (Phi) is 5.96. The van der Waals surface area contributed by atoms with E-state index in [0.29, 0.717) is 0 Å². The molecule has 0 radical (unpaired) electrons. The summed E-state index contributed by atoms with van der Waals surface area (Å²) in [6.45, 7) is 1.30. The number of nitrogens with two attached hydrogens (primary N) is 1. The van der Waals surface area contributed by atoms with Crippen molar-refractivity contribution in [2.45, 2.75) is 13.5 Å². The van der Waals surface area contributed by atoms with Gasteiger partial charge in [-0.05, 0) is 19.1 Å². The number of thiophene rings is 1. The zero-order valence-electron chi connectivity index (χ0n) is 13.0. The fourth-order valence-electron chi connectivity index (χ4n) is 2.01. The van der Waals surface area contributed by atoms with E-state index in [-0.39, 0.29) is 32.6 Å². The van der Waals surface area contributed by atoms with Crippen molar-refractivity contribution < 1.29 is 23.5 Å². The second-order valence-corrected chi connectivity index (χ2v) is 6.11. The molecule has 2 N–H and O–H groups in total. The summed E-state index contributed by atoms with van der Waals surface area (Å²) in [4.78, 5) is 24.1. The number of nitrogens with zero attached hydrogens (tertiary/aromatic N) is 1. The molecular formula is C16H12ClFN2O4S. The molecule has 0 amide bonds. The van der Waals surface area contributed by atoms with Gasteiger partial charge in [0.05, 0.1) is 17.2 Å². The molecule has 0 aliphatic rings. The Morgan fingerprint density at radius 1 is 1.36 bits per heavy atom. The number of nitriles is 1. The molecule has 0 spiro atoms. The molecule has 9 heteroatoms. The standard InChI is InChI=1S/C16H12ClFN2O4S/c1-2-23-16(22)13-9(8(6-19)14(20)25-13)7-24-15(21)12-10(17)4-3-5-11(12)18/h3-5H,2,7,20H2,1H3. The lowest BCUT2D eigenvalue weighted by Gasteiger charge is -2.08. The van der Waals surface area contributed by atoms with E-state index >= 15 is 0 Å². The molecule has 0 fully saturated rings. The van der Waals surface area contributed by atoms with E-state index in [1.54, 1.807) is 6.92 Å². The monoisotopic (exact) mass is 382 g/mol. The van der Waals surface area contributed by atoms with E-state index in [4.69, 9.17) is 26.8 Å². The largest absolute Gasteiger partial charge is 0.462 e. The maximum Gasteiger partial charge on any atom is 0.348 e. The fourth-order valence-corrected chi connectivity index (χ4v) is 3.17. The number of carbonyl (C=O) groups excluding carboxylic acids is 2. The minimum absolute atomic E-state index is 0.0143. The molecule has 0 atom stereocenters. The maximum absolute atomic E-state index is 13.8.